The summed E-state index contributed by atoms with van der Waals surface area (Å²) in [6.45, 7) is 1.48. The molecule has 1 amide bonds. The van der Waals surface area contributed by atoms with Crippen LogP contribution in [0.25, 0.3) is 6.08 Å². The van der Waals surface area contributed by atoms with Crippen molar-refractivity contribution in [3.05, 3.63) is 45.8 Å². The lowest BCUT2D eigenvalue weighted by molar-refractivity contribution is -0.148. The van der Waals surface area contributed by atoms with Gasteiger partial charge in [0.05, 0.1) is 26.9 Å². The minimum Gasteiger partial charge on any atom is -0.493 e. The van der Waals surface area contributed by atoms with E-state index in [1.165, 1.54) is 45.7 Å². The average molecular weight is 488 g/mol. The molecule has 182 valence electrons. The minimum atomic E-state index is -1.06. The number of thiophene rings is 1. The Morgan fingerprint density at radius 3 is 2.47 bits per heavy atom. The van der Waals surface area contributed by atoms with Gasteiger partial charge in [0, 0.05) is 11.0 Å². The molecule has 0 radical (unpaired) electrons. The van der Waals surface area contributed by atoms with Crippen LogP contribution < -0.4 is 14.8 Å². The van der Waals surface area contributed by atoms with E-state index in [4.69, 9.17) is 18.9 Å². The molecule has 8 nitrogen and oxygen atoms in total. The first-order valence-corrected chi connectivity index (χ1v) is 11.8. The van der Waals surface area contributed by atoms with E-state index >= 15 is 0 Å². The molecule has 1 aliphatic carbocycles. The summed E-state index contributed by atoms with van der Waals surface area (Å²) < 4.78 is 20.7. The largest absolute Gasteiger partial charge is 0.493 e. The second kappa shape index (κ2) is 11.7. The number of carbonyl (C=O) groups excluding carboxylic acids is 3. The summed E-state index contributed by atoms with van der Waals surface area (Å²) in [5, 5.41) is 3.19. The van der Waals surface area contributed by atoms with Crippen LogP contribution in [0.1, 0.15) is 52.5 Å². The highest BCUT2D eigenvalue weighted by molar-refractivity contribution is 7.17. The zero-order chi connectivity index (χ0) is 24.7. The van der Waals surface area contributed by atoms with Crippen LogP contribution in [0.15, 0.2) is 24.3 Å². The lowest BCUT2D eigenvalue weighted by atomic mass is 10.1. The van der Waals surface area contributed by atoms with E-state index in [0.29, 0.717) is 27.6 Å². The number of carbonyl (C=O) groups is 3. The molecule has 0 aliphatic heterocycles. The highest BCUT2D eigenvalue weighted by Crippen LogP contribution is 2.38. The zero-order valence-corrected chi connectivity index (χ0v) is 20.6. The summed E-state index contributed by atoms with van der Waals surface area (Å²) in [5.41, 5.74) is 2.06. The number of hydrogen-bond acceptors (Lipinski definition) is 8. The summed E-state index contributed by atoms with van der Waals surface area (Å²) in [5.74, 6) is -0.564. The van der Waals surface area contributed by atoms with Crippen LogP contribution in [0, 0.1) is 0 Å². The fourth-order valence-corrected chi connectivity index (χ4v) is 5.03. The number of methoxy groups -OCH3 is 3. The van der Waals surface area contributed by atoms with Crippen molar-refractivity contribution in [1.82, 2.24) is 0 Å². The Labute approximate surface area is 202 Å². The smallest absolute Gasteiger partial charge is 0.341 e. The summed E-state index contributed by atoms with van der Waals surface area (Å²) in [6.07, 6.45) is 6.51. The highest BCUT2D eigenvalue weighted by Gasteiger charge is 2.27. The molecule has 1 atom stereocenters. The molecule has 1 aromatic heterocycles. The van der Waals surface area contributed by atoms with E-state index in [2.05, 4.69) is 5.32 Å². The third-order valence-corrected chi connectivity index (χ3v) is 6.74. The SMILES string of the molecule is COC(=O)c1c(NC(=O)C(C)OC(=O)/C=C/c2ccc(OC)c(OC)c2)sc2c1CCCCC2. The maximum atomic E-state index is 12.7. The van der Waals surface area contributed by atoms with Gasteiger partial charge in [-0.05, 0) is 61.9 Å². The number of ether oxygens (including phenoxy) is 4. The van der Waals surface area contributed by atoms with Crippen molar-refractivity contribution in [2.24, 2.45) is 0 Å². The van der Waals surface area contributed by atoms with Crippen molar-refractivity contribution < 1.29 is 33.3 Å². The van der Waals surface area contributed by atoms with Crippen LogP contribution in [-0.2, 0) is 31.9 Å². The van der Waals surface area contributed by atoms with Crippen LogP contribution in [-0.4, -0.2) is 45.3 Å². The number of fused-ring (bicyclic) bond motifs is 1. The van der Waals surface area contributed by atoms with Crippen LogP contribution in [0.2, 0.25) is 0 Å². The summed E-state index contributed by atoms with van der Waals surface area (Å²) in [7, 11) is 4.39. The summed E-state index contributed by atoms with van der Waals surface area (Å²) >= 11 is 1.39. The fourth-order valence-electron chi connectivity index (χ4n) is 3.75. The van der Waals surface area contributed by atoms with Crippen molar-refractivity contribution in [3.63, 3.8) is 0 Å². The van der Waals surface area contributed by atoms with Crippen LogP contribution in [0.4, 0.5) is 5.00 Å². The van der Waals surface area contributed by atoms with E-state index < -0.39 is 23.9 Å². The van der Waals surface area contributed by atoms with Crippen molar-refractivity contribution in [2.45, 2.75) is 45.1 Å². The molecule has 1 aromatic carbocycles. The number of amides is 1. The lowest BCUT2D eigenvalue weighted by Gasteiger charge is -2.13. The molecule has 9 heteroatoms. The number of esters is 2. The molecule has 34 heavy (non-hydrogen) atoms. The van der Waals surface area contributed by atoms with Gasteiger partial charge in [-0.2, -0.15) is 0 Å². The van der Waals surface area contributed by atoms with E-state index in [1.807, 2.05) is 0 Å². The van der Waals surface area contributed by atoms with Gasteiger partial charge in [-0.15, -0.1) is 11.3 Å². The Morgan fingerprint density at radius 2 is 1.76 bits per heavy atom. The van der Waals surface area contributed by atoms with E-state index in [0.717, 1.165) is 42.5 Å². The second-order valence-corrected chi connectivity index (χ2v) is 8.88. The number of rotatable bonds is 8. The Hall–Kier alpha value is -3.33. The van der Waals surface area contributed by atoms with Gasteiger partial charge in [0.2, 0.25) is 0 Å². The number of benzene rings is 1. The predicted octanol–water partition coefficient (Wildman–Crippen LogP) is 4.40. The van der Waals surface area contributed by atoms with Crippen molar-refractivity contribution in [1.29, 1.82) is 0 Å². The normalized spacial score (nSPS) is 14.0. The Bertz CT molecular complexity index is 1090. The number of hydrogen-bond donors (Lipinski definition) is 1. The fraction of sp³-hybridized carbons (Fsp3) is 0.400. The molecule has 0 saturated carbocycles. The average Bonchev–Trinajstić information content (AvgIpc) is 3.01. The van der Waals surface area contributed by atoms with Crippen molar-refractivity contribution in [2.75, 3.05) is 26.6 Å². The summed E-state index contributed by atoms with van der Waals surface area (Å²) in [4.78, 5) is 38.5. The van der Waals surface area contributed by atoms with E-state index in [-0.39, 0.29) is 0 Å². The van der Waals surface area contributed by atoms with Crippen LogP contribution in [0.5, 0.6) is 11.5 Å². The monoisotopic (exact) mass is 487 g/mol. The molecule has 0 spiro atoms. The third kappa shape index (κ3) is 5.96. The van der Waals surface area contributed by atoms with E-state index in [9.17, 15) is 14.4 Å². The molecule has 0 fully saturated rings. The van der Waals surface area contributed by atoms with E-state index in [1.54, 1.807) is 24.3 Å². The van der Waals surface area contributed by atoms with Crippen LogP contribution >= 0.6 is 11.3 Å². The minimum absolute atomic E-state index is 0.407. The second-order valence-electron chi connectivity index (χ2n) is 7.78. The number of anilines is 1. The first kappa shape index (κ1) is 25.3. The molecule has 0 bridgehead atoms. The maximum absolute atomic E-state index is 12.7. The van der Waals surface area contributed by atoms with Gasteiger partial charge in [-0.1, -0.05) is 12.5 Å². The topological polar surface area (TPSA) is 100 Å². The van der Waals surface area contributed by atoms with Gasteiger partial charge in [0.1, 0.15) is 5.00 Å². The van der Waals surface area contributed by atoms with Gasteiger partial charge in [-0.25, -0.2) is 9.59 Å². The van der Waals surface area contributed by atoms with Crippen molar-refractivity contribution in [3.8, 4) is 11.5 Å². The highest BCUT2D eigenvalue weighted by atomic mass is 32.1. The van der Waals surface area contributed by atoms with Crippen molar-refractivity contribution >= 4 is 40.3 Å². The molecule has 3 rings (SSSR count). The van der Waals surface area contributed by atoms with Gasteiger partial charge in [0.25, 0.3) is 5.91 Å². The molecule has 1 heterocycles. The molecule has 1 aliphatic rings. The number of aryl methyl sites for hydroxylation is 1. The molecule has 1 N–H and O–H groups in total. The first-order valence-electron chi connectivity index (χ1n) is 11.0. The van der Waals surface area contributed by atoms with Gasteiger partial charge < -0.3 is 24.3 Å². The zero-order valence-electron chi connectivity index (χ0n) is 19.8. The Morgan fingerprint density at radius 1 is 1.03 bits per heavy atom. The van der Waals surface area contributed by atoms with Gasteiger partial charge >= 0.3 is 11.9 Å². The number of nitrogens with one attached hydrogen (secondary N) is 1. The van der Waals surface area contributed by atoms with Gasteiger partial charge in [0.15, 0.2) is 17.6 Å². The maximum Gasteiger partial charge on any atom is 0.341 e. The molecule has 0 saturated heterocycles. The third-order valence-electron chi connectivity index (χ3n) is 5.53. The lowest BCUT2D eigenvalue weighted by Crippen LogP contribution is -2.29. The Balaban J connectivity index is 1.66. The molecule has 1 unspecified atom stereocenters. The summed E-state index contributed by atoms with van der Waals surface area (Å²) in [6, 6.07) is 5.20. The standard InChI is InChI=1S/C25H29NO7S/c1-15(33-21(27)13-11-16-10-12-18(30-2)19(14-16)31-3)23(28)26-24-22(25(29)32-4)17-8-6-5-7-9-20(17)34-24/h10-15H,5-9H2,1-4H3,(H,26,28)/b13-11+. The van der Waals surface area contributed by atoms with Gasteiger partial charge in [-0.3, -0.25) is 4.79 Å². The first-order chi connectivity index (χ1) is 16.4. The quantitative estimate of drug-likeness (QED) is 0.335. The molecule has 2 aromatic rings. The predicted molar refractivity (Wildman–Crippen MR) is 130 cm³/mol. The van der Waals surface area contributed by atoms with Crippen LogP contribution in [0.3, 0.4) is 0 Å². The molecular formula is C25H29NO7S. The Kier molecular flexibility index (Phi) is 8.70. The molecular weight excluding hydrogens is 458 g/mol.